The van der Waals surface area contributed by atoms with Gasteiger partial charge in [-0.3, -0.25) is 9.59 Å². The highest BCUT2D eigenvalue weighted by Crippen LogP contribution is 2.32. The molecule has 0 amide bonds. The third kappa shape index (κ3) is 5.96. The van der Waals surface area contributed by atoms with Crippen molar-refractivity contribution in [2.24, 2.45) is 10.8 Å². The zero-order chi connectivity index (χ0) is 18.5. The van der Waals surface area contributed by atoms with E-state index in [-0.39, 0.29) is 23.4 Å². The van der Waals surface area contributed by atoms with E-state index in [0.29, 0.717) is 0 Å². The molecule has 5 nitrogen and oxygen atoms in total. The van der Waals surface area contributed by atoms with Crippen LogP contribution in [-0.2, 0) is 16.0 Å². The predicted octanol–water partition coefficient (Wildman–Crippen LogP) is 3.35. The van der Waals surface area contributed by atoms with Crippen molar-refractivity contribution in [3.8, 4) is 11.5 Å². The monoisotopic (exact) mass is 335 g/mol. The molecule has 24 heavy (non-hydrogen) atoms. The summed E-state index contributed by atoms with van der Waals surface area (Å²) in [6.45, 7) is 11.5. The molecule has 0 heterocycles. The van der Waals surface area contributed by atoms with Gasteiger partial charge >= 0.3 is 11.9 Å². The molecule has 1 rings (SSSR count). The standard InChI is InChI=1S/C19H29NO4/c1-18(2,3)16(21)23-14-9-8-13(10-11-20-7)12-15(14)24-17(22)19(4,5)6/h8-9,12,20H,10-11H2,1-7H3. The smallest absolute Gasteiger partial charge is 0.316 e. The van der Waals surface area contributed by atoms with Crippen molar-refractivity contribution in [1.29, 1.82) is 0 Å². The van der Waals surface area contributed by atoms with Gasteiger partial charge in [-0.1, -0.05) is 6.07 Å². The van der Waals surface area contributed by atoms with Crippen LogP contribution in [0.15, 0.2) is 18.2 Å². The van der Waals surface area contributed by atoms with Gasteiger partial charge in [-0.2, -0.15) is 0 Å². The lowest BCUT2D eigenvalue weighted by atomic mass is 9.97. The topological polar surface area (TPSA) is 64.6 Å². The minimum absolute atomic E-state index is 0.265. The molecule has 0 atom stereocenters. The van der Waals surface area contributed by atoms with Crippen LogP contribution in [0, 0.1) is 10.8 Å². The van der Waals surface area contributed by atoms with E-state index in [1.807, 2.05) is 13.1 Å². The number of benzene rings is 1. The number of rotatable bonds is 5. The van der Waals surface area contributed by atoms with Crippen molar-refractivity contribution in [2.45, 2.75) is 48.0 Å². The van der Waals surface area contributed by atoms with Gasteiger partial charge in [0.1, 0.15) is 0 Å². The number of hydrogen-bond donors (Lipinski definition) is 1. The Labute approximate surface area is 144 Å². The Morgan fingerprint density at radius 3 is 1.88 bits per heavy atom. The lowest BCUT2D eigenvalue weighted by Crippen LogP contribution is -2.28. The highest BCUT2D eigenvalue weighted by atomic mass is 16.6. The zero-order valence-corrected chi connectivity index (χ0v) is 15.8. The van der Waals surface area contributed by atoms with Crippen LogP contribution < -0.4 is 14.8 Å². The maximum Gasteiger partial charge on any atom is 0.316 e. The Kier molecular flexibility index (Phi) is 6.55. The van der Waals surface area contributed by atoms with Crippen LogP contribution >= 0.6 is 0 Å². The molecule has 0 radical (unpaired) electrons. The van der Waals surface area contributed by atoms with Gasteiger partial charge in [0.05, 0.1) is 10.8 Å². The van der Waals surface area contributed by atoms with E-state index in [4.69, 9.17) is 9.47 Å². The number of carbonyl (C=O) groups excluding carboxylic acids is 2. The third-order valence-electron chi connectivity index (χ3n) is 3.30. The average Bonchev–Trinajstić information content (AvgIpc) is 2.45. The first-order chi connectivity index (χ1) is 10.9. The Morgan fingerprint density at radius 2 is 1.42 bits per heavy atom. The van der Waals surface area contributed by atoms with Gasteiger partial charge < -0.3 is 14.8 Å². The van der Waals surface area contributed by atoms with Gasteiger partial charge in [0.25, 0.3) is 0 Å². The van der Waals surface area contributed by atoms with Crippen LogP contribution in [0.1, 0.15) is 47.1 Å². The minimum Gasteiger partial charge on any atom is -0.422 e. The predicted molar refractivity (Wildman–Crippen MR) is 94.3 cm³/mol. The molecule has 0 saturated carbocycles. The summed E-state index contributed by atoms with van der Waals surface area (Å²) in [7, 11) is 1.88. The summed E-state index contributed by atoms with van der Waals surface area (Å²) in [5.41, 5.74) is -0.292. The second-order valence-electron chi connectivity index (χ2n) is 7.91. The van der Waals surface area contributed by atoms with E-state index in [9.17, 15) is 9.59 Å². The minimum atomic E-state index is -0.647. The normalized spacial score (nSPS) is 12.0. The van der Waals surface area contributed by atoms with Gasteiger partial charge in [-0.05, 0) is 79.3 Å². The van der Waals surface area contributed by atoms with Crippen LogP contribution in [0.5, 0.6) is 11.5 Å². The maximum absolute atomic E-state index is 12.2. The number of likely N-dealkylation sites (N-methyl/N-ethyl adjacent to an activating group) is 1. The largest absolute Gasteiger partial charge is 0.422 e. The van der Waals surface area contributed by atoms with Gasteiger partial charge in [0.2, 0.25) is 0 Å². The summed E-state index contributed by atoms with van der Waals surface area (Å²) >= 11 is 0. The molecule has 0 fully saturated rings. The molecule has 0 aliphatic carbocycles. The van der Waals surface area contributed by atoms with Crippen LogP contribution in [0.25, 0.3) is 0 Å². The molecule has 1 aromatic rings. The molecular weight excluding hydrogens is 306 g/mol. The SMILES string of the molecule is CNCCc1ccc(OC(=O)C(C)(C)C)c(OC(=O)C(C)(C)C)c1. The number of hydrogen-bond acceptors (Lipinski definition) is 5. The Hall–Kier alpha value is -1.88. The summed E-state index contributed by atoms with van der Waals surface area (Å²) in [4.78, 5) is 24.4. The molecule has 1 aromatic carbocycles. The van der Waals surface area contributed by atoms with E-state index in [0.717, 1.165) is 18.5 Å². The molecular formula is C19H29NO4. The summed E-state index contributed by atoms with van der Waals surface area (Å²) < 4.78 is 11.0. The fraction of sp³-hybridized carbons (Fsp3) is 0.579. The van der Waals surface area contributed by atoms with Crippen LogP contribution in [0.4, 0.5) is 0 Å². The number of ether oxygens (including phenoxy) is 2. The van der Waals surface area contributed by atoms with Gasteiger partial charge in [0, 0.05) is 0 Å². The molecule has 0 aliphatic rings. The molecule has 0 bridgehead atoms. The van der Waals surface area contributed by atoms with Crippen molar-refractivity contribution >= 4 is 11.9 Å². The molecule has 1 N–H and O–H groups in total. The van der Waals surface area contributed by atoms with Crippen LogP contribution in [0.2, 0.25) is 0 Å². The molecule has 134 valence electrons. The molecule has 0 unspecified atom stereocenters. The second-order valence-corrected chi connectivity index (χ2v) is 7.91. The number of carbonyl (C=O) groups is 2. The first-order valence-corrected chi connectivity index (χ1v) is 8.17. The summed E-state index contributed by atoms with van der Waals surface area (Å²) in [6.07, 6.45) is 0.782. The summed E-state index contributed by atoms with van der Waals surface area (Å²) in [5.74, 6) is -0.207. The lowest BCUT2D eigenvalue weighted by Gasteiger charge is -2.20. The molecule has 0 spiro atoms. The maximum atomic E-state index is 12.2. The van der Waals surface area contributed by atoms with E-state index in [1.165, 1.54) is 0 Å². The first-order valence-electron chi connectivity index (χ1n) is 8.17. The van der Waals surface area contributed by atoms with Gasteiger partial charge in [-0.25, -0.2) is 0 Å². The Morgan fingerprint density at radius 1 is 0.917 bits per heavy atom. The fourth-order valence-electron chi connectivity index (χ4n) is 1.65. The van der Waals surface area contributed by atoms with Crippen molar-refractivity contribution < 1.29 is 19.1 Å². The molecule has 0 aromatic heterocycles. The average molecular weight is 335 g/mol. The first kappa shape index (κ1) is 20.2. The van der Waals surface area contributed by atoms with Crippen LogP contribution in [-0.4, -0.2) is 25.5 Å². The summed E-state index contributed by atoms with van der Waals surface area (Å²) in [5, 5.41) is 3.07. The zero-order valence-electron chi connectivity index (χ0n) is 15.8. The van der Waals surface area contributed by atoms with Crippen LogP contribution in [0.3, 0.4) is 0 Å². The highest BCUT2D eigenvalue weighted by Gasteiger charge is 2.28. The second kappa shape index (κ2) is 7.79. The number of nitrogens with one attached hydrogen (secondary N) is 1. The van der Waals surface area contributed by atoms with Crippen molar-refractivity contribution in [3.63, 3.8) is 0 Å². The van der Waals surface area contributed by atoms with E-state index < -0.39 is 10.8 Å². The van der Waals surface area contributed by atoms with E-state index >= 15 is 0 Å². The van der Waals surface area contributed by atoms with Crippen molar-refractivity contribution in [3.05, 3.63) is 23.8 Å². The van der Waals surface area contributed by atoms with Crippen molar-refractivity contribution in [1.82, 2.24) is 5.32 Å². The fourth-order valence-corrected chi connectivity index (χ4v) is 1.65. The Bertz CT molecular complexity index is 594. The molecule has 0 aliphatic heterocycles. The lowest BCUT2D eigenvalue weighted by molar-refractivity contribution is -0.145. The van der Waals surface area contributed by atoms with Crippen molar-refractivity contribution in [2.75, 3.05) is 13.6 Å². The molecule has 0 saturated heterocycles. The molecule has 5 heteroatoms. The quantitative estimate of drug-likeness (QED) is 0.660. The Balaban J connectivity index is 3.12. The van der Waals surface area contributed by atoms with Gasteiger partial charge in [0.15, 0.2) is 11.5 Å². The third-order valence-corrected chi connectivity index (χ3v) is 3.30. The van der Waals surface area contributed by atoms with Gasteiger partial charge in [-0.15, -0.1) is 0 Å². The van der Waals surface area contributed by atoms with E-state index in [2.05, 4.69) is 5.32 Å². The summed E-state index contributed by atoms with van der Waals surface area (Å²) in [6, 6.07) is 5.31. The number of esters is 2. The van der Waals surface area contributed by atoms with E-state index in [1.54, 1.807) is 53.7 Å². The highest BCUT2D eigenvalue weighted by molar-refractivity contribution is 5.81.